The molecule has 0 radical (unpaired) electrons. The Morgan fingerprint density at radius 2 is 1.96 bits per heavy atom. The third-order valence-corrected chi connectivity index (χ3v) is 2.99. The molecule has 0 saturated carbocycles. The summed E-state index contributed by atoms with van der Waals surface area (Å²) in [5.74, 6) is -1.91. The summed E-state index contributed by atoms with van der Waals surface area (Å²) in [6.07, 6.45) is 0. The van der Waals surface area contributed by atoms with E-state index in [0.717, 1.165) is 0 Å². The first-order valence-corrected chi connectivity index (χ1v) is 7.18. The Morgan fingerprint density at radius 1 is 1.32 bits per heavy atom. The van der Waals surface area contributed by atoms with Crippen LogP contribution in [0.2, 0.25) is 0 Å². The van der Waals surface area contributed by atoms with Crippen LogP contribution in [0.25, 0.3) is 10.4 Å². The molecule has 25 heavy (non-hydrogen) atoms. The van der Waals surface area contributed by atoms with Crippen molar-refractivity contribution in [2.45, 2.75) is 19.6 Å². The van der Waals surface area contributed by atoms with Crippen molar-refractivity contribution in [3.05, 3.63) is 52.5 Å². The molecule has 1 aromatic carbocycles. The standard InChI is InChI=1S/C15H18N6O4/c1-9(18-13(23)7-17-21-16)14(24)19-10(2)15(25)20-12-5-3-11(8-22)4-6-12/h3-6,10,22H,1,7-8H2,2H3,(H,18,23)(H,19,24)(H,20,25)/t10-/m0/s1. The summed E-state index contributed by atoms with van der Waals surface area (Å²) in [7, 11) is 0. The number of nitrogens with zero attached hydrogens (tertiary/aromatic N) is 3. The van der Waals surface area contributed by atoms with E-state index in [-0.39, 0.29) is 12.3 Å². The molecule has 0 bridgehead atoms. The van der Waals surface area contributed by atoms with Crippen molar-refractivity contribution in [1.82, 2.24) is 10.6 Å². The summed E-state index contributed by atoms with van der Waals surface area (Å²) in [6.45, 7) is 4.27. The zero-order valence-corrected chi connectivity index (χ0v) is 13.5. The van der Waals surface area contributed by atoms with E-state index in [2.05, 4.69) is 32.6 Å². The smallest absolute Gasteiger partial charge is 0.267 e. The summed E-state index contributed by atoms with van der Waals surface area (Å²) in [5.41, 5.74) is 9.04. The topological polar surface area (TPSA) is 156 Å². The molecule has 132 valence electrons. The third kappa shape index (κ3) is 6.73. The zero-order chi connectivity index (χ0) is 18.8. The van der Waals surface area contributed by atoms with Crippen LogP contribution in [0.1, 0.15) is 12.5 Å². The highest BCUT2D eigenvalue weighted by atomic mass is 16.3. The van der Waals surface area contributed by atoms with Crippen molar-refractivity contribution < 1.29 is 19.5 Å². The quantitative estimate of drug-likeness (QED) is 0.235. The Morgan fingerprint density at radius 3 is 2.52 bits per heavy atom. The highest BCUT2D eigenvalue weighted by Crippen LogP contribution is 2.09. The second-order valence-electron chi connectivity index (χ2n) is 4.96. The molecule has 0 fully saturated rings. The SMILES string of the molecule is C=C(NC(=O)CN=[N+]=[N-])C(=O)N[C@@H](C)C(=O)Nc1ccc(CO)cc1. The maximum absolute atomic E-state index is 12.0. The minimum Gasteiger partial charge on any atom is -0.392 e. The molecule has 0 spiro atoms. The molecule has 0 aromatic heterocycles. The second-order valence-corrected chi connectivity index (χ2v) is 4.96. The van der Waals surface area contributed by atoms with Gasteiger partial charge in [-0.3, -0.25) is 14.4 Å². The van der Waals surface area contributed by atoms with E-state index in [4.69, 9.17) is 10.6 Å². The van der Waals surface area contributed by atoms with Crippen LogP contribution in [-0.2, 0) is 21.0 Å². The van der Waals surface area contributed by atoms with Crippen LogP contribution in [0, 0.1) is 0 Å². The molecule has 0 aliphatic carbocycles. The number of benzene rings is 1. The lowest BCUT2D eigenvalue weighted by Crippen LogP contribution is -2.44. The largest absolute Gasteiger partial charge is 0.392 e. The first-order chi connectivity index (χ1) is 11.9. The van der Waals surface area contributed by atoms with E-state index in [1.54, 1.807) is 24.3 Å². The number of rotatable bonds is 8. The van der Waals surface area contributed by atoms with Gasteiger partial charge in [-0.2, -0.15) is 0 Å². The monoisotopic (exact) mass is 346 g/mol. The molecule has 3 amide bonds. The fraction of sp³-hybridized carbons (Fsp3) is 0.267. The Hall–Kier alpha value is -3.36. The lowest BCUT2D eigenvalue weighted by Gasteiger charge is -2.15. The van der Waals surface area contributed by atoms with E-state index >= 15 is 0 Å². The Bertz CT molecular complexity index is 709. The Kier molecular flexibility index (Phi) is 7.64. The van der Waals surface area contributed by atoms with E-state index in [0.29, 0.717) is 11.3 Å². The van der Waals surface area contributed by atoms with Gasteiger partial charge in [0.2, 0.25) is 11.8 Å². The van der Waals surface area contributed by atoms with E-state index < -0.39 is 30.3 Å². The van der Waals surface area contributed by atoms with Gasteiger partial charge in [-0.05, 0) is 30.2 Å². The van der Waals surface area contributed by atoms with Crippen molar-refractivity contribution in [1.29, 1.82) is 0 Å². The van der Waals surface area contributed by atoms with Crippen LogP contribution < -0.4 is 16.0 Å². The molecule has 0 aliphatic rings. The number of anilines is 1. The number of carbonyl (C=O) groups is 3. The molecule has 0 aliphatic heterocycles. The minimum atomic E-state index is -0.893. The highest BCUT2D eigenvalue weighted by molar-refractivity contribution is 6.02. The number of azide groups is 1. The molecule has 1 rings (SSSR count). The van der Waals surface area contributed by atoms with Gasteiger partial charge in [0.15, 0.2) is 0 Å². The van der Waals surface area contributed by atoms with Crippen molar-refractivity contribution >= 4 is 23.4 Å². The summed E-state index contributed by atoms with van der Waals surface area (Å²) >= 11 is 0. The number of hydrogen-bond donors (Lipinski definition) is 4. The van der Waals surface area contributed by atoms with Crippen LogP contribution in [0.3, 0.4) is 0 Å². The predicted molar refractivity (Wildman–Crippen MR) is 89.9 cm³/mol. The van der Waals surface area contributed by atoms with Crippen LogP contribution in [0.4, 0.5) is 5.69 Å². The number of hydrogen-bond acceptors (Lipinski definition) is 5. The van der Waals surface area contributed by atoms with Gasteiger partial charge in [-0.1, -0.05) is 23.8 Å². The number of aliphatic hydroxyl groups is 1. The third-order valence-electron chi connectivity index (χ3n) is 2.99. The lowest BCUT2D eigenvalue weighted by molar-refractivity contribution is -0.125. The number of nitrogens with one attached hydrogen (secondary N) is 3. The predicted octanol–water partition coefficient (Wildman–Crippen LogP) is 0.562. The molecular weight excluding hydrogens is 328 g/mol. The lowest BCUT2D eigenvalue weighted by atomic mass is 10.2. The maximum atomic E-state index is 12.0. The van der Waals surface area contributed by atoms with Crippen molar-refractivity contribution in [3.8, 4) is 0 Å². The van der Waals surface area contributed by atoms with E-state index in [1.807, 2.05) is 0 Å². The van der Waals surface area contributed by atoms with Crippen molar-refractivity contribution in [2.75, 3.05) is 11.9 Å². The first-order valence-electron chi connectivity index (χ1n) is 7.18. The van der Waals surface area contributed by atoms with Gasteiger partial charge >= 0.3 is 0 Å². The molecule has 4 N–H and O–H groups in total. The fourth-order valence-electron chi connectivity index (χ4n) is 1.65. The molecule has 10 nitrogen and oxygen atoms in total. The van der Waals surface area contributed by atoms with Crippen LogP contribution >= 0.6 is 0 Å². The number of amides is 3. The van der Waals surface area contributed by atoms with Gasteiger partial charge < -0.3 is 21.1 Å². The molecule has 1 atom stereocenters. The summed E-state index contributed by atoms with van der Waals surface area (Å²) in [6, 6.07) is 5.65. The normalized spacial score (nSPS) is 10.8. The summed E-state index contributed by atoms with van der Waals surface area (Å²) in [5, 5.41) is 19.1. The average Bonchev–Trinajstić information content (AvgIpc) is 2.60. The summed E-state index contributed by atoms with van der Waals surface area (Å²) in [4.78, 5) is 37.6. The Labute approximate surface area is 143 Å². The summed E-state index contributed by atoms with van der Waals surface area (Å²) < 4.78 is 0. The van der Waals surface area contributed by atoms with Gasteiger partial charge in [0, 0.05) is 10.6 Å². The van der Waals surface area contributed by atoms with Crippen molar-refractivity contribution in [2.24, 2.45) is 5.11 Å². The van der Waals surface area contributed by atoms with Crippen LogP contribution in [0.5, 0.6) is 0 Å². The number of aliphatic hydroxyl groups excluding tert-OH is 1. The zero-order valence-electron chi connectivity index (χ0n) is 13.5. The van der Waals surface area contributed by atoms with Gasteiger partial charge in [0.25, 0.3) is 5.91 Å². The highest BCUT2D eigenvalue weighted by Gasteiger charge is 2.18. The molecule has 1 aromatic rings. The Balaban J connectivity index is 2.52. The molecule has 0 heterocycles. The molecule has 0 saturated heterocycles. The maximum Gasteiger partial charge on any atom is 0.267 e. The van der Waals surface area contributed by atoms with Gasteiger partial charge in [-0.25, -0.2) is 0 Å². The van der Waals surface area contributed by atoms with E-state index in [9.17, 15) is 14.4 Å². The molecular formula is C15H18N6O4. The van der Waals surface area contributed by atoms with Crippen LogP contribution in [0.15, 0.2) is 41.7 Å². The van der Waals surface area contributed by atoms with Crippen molar-refractivity contribution in [3.63, 3.8) is 0 Å². The molecule has 10 heteroatoms. The first kappa shape index (κ1) is 19.7. The molecule has 0 unspecified atom stereocenters. The second kappa shape index (κ2) is 9.71. The average molecular weight is 346 g/mol. The van der Waals surface area contributed by atoms with Gasteiger partial charge in [0.1, 0.15) is 12.6 Å². The number of carbonyl (C=O) groups excluding carboxylic acids is 3. The van der Waals surface area contributed by atoms with Gasteiger partial charge in [-0.15, -0.1) is 0 Å². The fourth-order valence-corrected chi connectivity index (χ4v) is 1.65. The minimum absolute atomic E-state index is 0.103. The van der Waals surface area contributed by atoms with Crippen LogP contribution in [-0.4, -0.2) is 35.4 Å². The van der Waals surface area contributed by atoms with E-state index in [1.165, 1.54) is 6.92 Å². The van der Waals surface area contributed by atoms with Gasteiger partial charge in [0.05, 0.1) is 12.3 Å².